The van der Waals surface area contributed by atoms with Gasteiger partial charge in [-0.3, -0.25) is 4.90 Å². The summed E-state index contributed by atoms with van der Waals surface area (Å²) in [6.07, 6.45) is 2.34. The topological polar surface area (TPSA) is 12.5 Å². The lowest BCUT2D eigenvalue weighted by Gasteiger charge is -2.35. The van der Waals surface area contributed by atoms with E-state index in [1.807, 2.05) is 19.1 Å². The third-order valence-electron chi connectivity index (χ3n) is 3.58. The summed E-state index contributed by atoms with van der Waals surface area (Å²) < 4.78 is 18.8. The van der Waals surface area contributed by atoms with Crippen molar-refractivity contribution in [2.45, 2.75) is 39.3 Å². The Morgan fingerprint density at radius 3 is 3.00 bits per heavy atom. The molecule has 1 atom stereocenters. The zero-order chi connectivity index (χ0) is 13.0. The number of morpholine rings is 1. The molecule has 18 heavy (non-hydrogen) atoms. The molecule has 3 heteroatoms. The van der Waals surface area contributed by atoms with E-state index in [9.17, 15) is 4.39 Å². The SMILES string of the molecule is CCC[C@@H]1COCCN1Cc1ccc(F)c(C)c1. The Bertz CT molecular complexity index is 392. The molecule has 0 aliphatic carbocycles. The van der Waals surface area contributed by atoms with E-state index < -0.39 is 0 Å². The average molecular weight is 251 g/mol. The van der Waals surface area contributed by atoms with Gasteiger partial charge in [0.25, 0.3) is 0 Å². The maximum atomic E-state index is 13.2. The number of nitrogens with zero attached hydrogens (tertiary/aromatic N) is 1. The van der Waals surface area contributed by atoms with E-state index in [1.165, 1.54) is 18.4 Å². The van der Waals surface area contributed by atoms with Crippen LogP contribution >= 0.6 is 0 Å². The van der Waals surface area contributed by atoms with Gasteiger partial charge < -0.3 is 4.74 Å². The fourth-order valence-corrected chi connectivity index (χ4v) is 2.54. The molecule has 1 aromatic carbocycles. The molecule has 2 nitrogen and oxygen atoms in total. The van der Waals surface area contributed by atoms with Gasteiger partial charge in [-0.15, -0.1) is 0 Å². The number of halogens is 1. The lowest BCUT2D eigenvalue weighted by Crippen LogP contribution is -2.44. The maximum Gasteiger partial charge on any atom is 0.126 e. The van der Waals surface area contributed by atoms with Crippen LogP contribution in [0.5, 0.6) is 0 Å². The van der Waals surface area contributed by atoms with E-state index in [2.05, 4.69) is 11.8 Å². The highest BCUT2D eigenvalue weighted by Gasteiger charge is 2.22. The molecule has 1 aliphatic rings. The highest BCUT2D eigenvalue weighted by Crippen LogP contribution is 2.17. The maximum absolute atomic E-state index is 13.2. The standard InChI is InChI=1S/C15H22FNO/c1-3-4-14-11-18-8-7-17(14)10-13-5-6-15(16)12(2)9-13/h5-6,9,14H,3-4,7-8,10-11H2,1-2H3/t14-/m1/s1. The largest absolute Gasteiger partial charge is 0.378 e. The molecule has 1 fully saturated rings. The van der Waals surface area contributed by atoms with Crippen LogP contribution in [0.3, 0.4) is 0 Å². The summed E-state index contributed by atoms with van der Waals surface area (Å²) in [6.45, 7) is 7.53. The number of ether oxygens (including phenoxy) is 1. The molecule has 0 N–H and O–H groups in total. The van der Waals surface area contributed by atoms with E-state index in [1.54, 1.807) is 6.07 Å². The minimum atomic E-state index is -0.120. The first-order valence-corrected chi connectivity index (χ1v) is 6.77. The first-order chi connectivity index (χ1) is 8.70. The van der Waals surface area contributed by atoms with Crippen LogP contribution < -0.4 is 0 Å². The molecular formula is C15H22FNO. The Balaban J connectivity index is 2.03. The molecular weight excluding hydrogens is 229 g/mol. The molecule has 0 spiro atoms. The van der Waals surface area contributed by atoms with Gasteiger partial charge in [0.1, 0.15) is 5.82 Å². The molecule has 100 valence electrons. The van der Waals surface area contributed by atoms with Crippen LogP contribution in [0.25, 0.3) is 0 Å². The Hall–Kier alpha value is -0.930. The number of hydrogen-bond donors (Lipinski definition) is 0. The van der Waals surface area contributed by atoms with E-state index in [4.69, 9.17) is 4.74 Å². The van der Waals surface area contributed by atoms with Crippen molar-refractivity contribution in [2.75, 3.05) is 19.8 Å². The van der Waals surface area contributed by atoms with Gasteiger partial charge in [-0.1, -0.05) is 25.5 Å². The number of aryl methyl sites for hydroxylation is 1. The molecule has 1 saturated heterocycles. The monoisotopic (exact) mass is 251 g/mol. The first kappa shape index (κ1) is 13.5. The number of hydrogen-bond acceptors (Lipinski definition) is 2. The van der Waals surface area contributed by atoms with Gasteiger partial charge in [-0.05, 0) is 30.5 Å². The number of rotatable bonds is 4. The van der Waals surface area contributed by atoms with Crippen molar-refractivity contribution in [3.8, 4) is 0 Å². The van der Waals surface area contributed by atoms with Crippen molar-refractivity contribution in [2.24, 2.45) is 0 Å². The van der Waals surface area contributed by atoms with Crippen molar-refractivity contribution >= 4 is 0 Å². The lowest BCUT2D eigenvalue weighted by atomic mass is 10.1. The first-order valence-electron chi connectivity index (χ1n) is 6.77. The summed E-state index contributed by atoms with van der Waals surface area (Å²) in [7, 11) is 0. The second-order valence-electron chi connectivity index (χ2n) is 5.07. The Morgan fingerprint density at radius 1 is 1.44 bits per heavy atom. The van der Waals surface area contributed by atoms with Gasteiger partial charge in [0, 0.05) is 19.1 Å². The van der Waals surface area contributed by atoms with Crippen molar-refractivity contribution in [3.63, 3.8) is 0 Å². The number of benzene rings is 1. The molecule has 0 amide bonds. The molecule has 0 radical (unpaired) electrons. The summed E-state index contributed by atoms with van der Waals surface area (Å²) in [5.41, 5.74) is 1.92. The Kier molecular flexibility index (Phi) is 4.72. The van der Waals surface area contributed by atoms with Gasteiger partial charge in [0.15, 0.2) is 0 Å². The van der Waals surface area contributed by atoms with Crippen LogP contribution in [0.15, 0.2) is 18.2 Å². The van der Waals surface area contributed by atoms with Crippen LogP contribution in [0, 0.1) is 12.7 Å². The average Bonchev–Trinajstić information content (AvgIpc) is 2.37. The molecule has 2 rings (SSSR count). The summed E-state index contributed by atoms with van der Waals surface area (Å²) in [6, 6.07) is 5.92. The molecule has 1 heterocycles. The zero-order valence-corrected chi connectivity index (χ0v) is 11.3. The van der Waals surface area contributed by atoms with Crippen molar-refractivity contribution in [3.05, 3.63) is 35.1 Å². The van der Waals surface area contributed by atoms with E-state index in [0.717, 1.165) is 31.9 Å². The van der Waals surface area contributed by atoms with Gasteiger partial charge in [0.2, 0.25) is 0 Å². The van der Waals surface area contributed by atoms with Gasteiger partial charge in [-0.25, -0.2) is 4.39 Å². The molecule has 1 aromatic rings. The van der Waals surface area contributed by atoms with Crippen molar-refractivity contribution < 1.29 is 9.13 Å². The normalized spacial score (nSPS) is 21.2. The zero-order valence-electron chi connectivity index (χ0n) is 11.3. The lowest BCUT2D eigenvalue weighted by molar-refractivity contribution is -0.0147. The van der Waals surface area contributed by atoms with Crippen molar-refractivity contribution in [1.29, 1.82) is 0 Å². The van der Waals surface area contributed by atoms with E-state index >= 15 is 0 Å². The minimum absolute atomic E-state index is 0.120. The van der Waals surface area contributed by atoms with E-state index in [-0.39, 0.29) is 5.82 Å². The summed E-state index contributed by atoms with van der Waals surface area (Å²) in [4.78, 5) is 2.46. The third kappa shape index (κ3) is 3.30. The highest BCUT2D eigenvalue weighted by atomic mass is 19.1. The Labute approximate surface area is 109 Å². The molecule has 0 unspecified atom stereocenters. The quantitative estimate of drug-likeness (QED) is 0.815. The van der Waals surface area contributed by atoms with Gasteiger partial charge >= 0.3 is 0 Å². The highest BCUT2D eigenvalue weighted by molar-refractivity contribution is 5.23. The molecule has 0 saturated carbocycles. The molecule has 1 aliphatic heterocycles. The third-order valence-corrected chi connectivity index (χ3v) is 3.58. The Morgan fingerprint density at radius 2 is 2.28 bits per heavy atom. The molecule has 0 aromatic heterocycles. The van der Waals surface area contributed by atoms with Crippen LogP contribution in [-0.2, 0) is 11.3 Å². The predicted octanol–water partition coefficient (Wildman–Crippen LogP) is 3.14. The summed E-state index contributed by atoms with van der Waals surface area (Å²) in [5, 5.41) is 0. The summed E-state index contributed by atoms with van der Waals surface area (Å²) >= 11 is 0. The fourth-order valence-electron chi connectivity index (χ4n) is 2.54. The minimum Gasteiger partial charge on any atom is -0.378 e. The second-order valence-corrected chi connectivity index (χ2v) is 5.07. The van der Waals surface area contributed by atoms with Crippen LogP contribution in [-0.4, -0.2) is 30.7 Å². The predicted molar refractivity (Wildman–Crippen MR) is 71.1 cm³/mol. The smallest absolute Gasteiger partial charge is 0.126 e. The van der Waals surface area contributed by atoms with Crippen LogP contribution in [0.4, 0.5) is 4.39 Å². The van der Waals surface area contributed by atoms with Crippen molar-refractivity contribution in [1.82, 2.24) is 4.90 Å². The second kappa shape index (κ2) is 6.30. The van der Waals surface area contributed by atoms with E-state index in [0.29, 0.717) is 6.04 Å². The van der Waals surface area contributed by atoms with Crippen LogP contribution in [0.1, 0.15) is 30.9 Å². The van der Waals surface area contributed by atoms with Gasteiger partial charge in [0.05, 0.1) is 13.2 Å². The van der Waals surface area contributed by atoms with Gasteiger partial charge in [-0.2, -0.15) is 0 Å². The fraction of sp³-hybridized carbons (Fsp3) is 0.600. The van der Waals surface area contributed by atoms with Crippen LogP contribution in [0.2, 0.25) is 0 Å². The molecule has 0 bridgehead atoms. The summed E-state index contributed by atoms with van der Waals surface area (Å²) in [5.74, 6) is -0.120.